The van der Waals surface area contributed by atoms with Crippen LogP contribution >= 0.6 is 0 Å². The summed E-state index contributed by atoms with van der Waals surface area (Å²) in [4.78, 5) is 2.36. The fraction of sp³-hybridized carbons (Fsp3) is 0.0732. The molecule has 2 aliphatic rings. The van der Waals surface area contributed by atoms with Crippen LogP contribution in [-0.2, 0) is 5.60 Å². The summed E-state index contributed by atoms with van der Waals surface area (Å²) in [5, 5.41) is 0. The molecular formula is C41H31NO. The Kier molecular flexibility index (Phi) is 6.01. The molecule has 0 amide bonds. The summed E-state index contributed by atoms with van der Waals surface area (Å²) in [6.45, 7) is 2.25. The van der Waals surface area contributed by atoms with Crippen molar-refractivity contribution in [2.45, 2.75) is 18.4 Å². The zero-order chi connectivity index (χ0) is 28.8. The van der Waals surface area contributed by atoms with Crippen LogP contribution in [0.15, 0.2) is 164 Å². The molecule has 8 rings (SSSR count). The largest absolute Gasteiger partial charge is 0.481 e. The minimum Gasteiger partial charge on any atom is -0.481 e. The Morgan fingerprint density at radius 1 is 0.535 bits per heavy atom. The Balaban J connectivity index is 1.31. The van der Waals surface area contributed by atoms with Crippen molar-refractivity contribution in [3.05, 3.63) is 186 Å². The Bertz CT molecular complexity index is 1910. The normalized spacial score (nSPS) is 18.1. The van der Waals surface area contributed by atoms with Gasteiger partial charge in [-0.3, -0.25) is 0 Å². The molecule has 0 spiro atoms. The molecule has 43 heavy (non-hydrogen) atoms. The SMILES string of the molecule is CC12Oc3cccc(N(c4ccccc4)c4ccccc4)c3C1C=C(c1ccc(-c3ccccc3)cc1)c1ccccc12. The first-order valence-corrected chi connectivity index (χ1v) is 14.9. The van der Waals surface area contributed by atoms with Crippen LogP contribution in [0.3, 0.4) is 0 Å². The number of benzene rings is 6. The van der Waals surface area contributed by atoms with Crippen molar-refractivity contribution in [1.29, 1.82) is 0 Å². The summed E-state index contributed by atoms with van der Waals surface area (Å²) in [5.74, 6) is 0.959. The fourth-order valence-electron chi connectivity index (χ4n) is 6.87. The van der Waals surface area contributed by atoms with Crippen molar-refractivity contribution in [1.82, 2.24) is 0 Å². The molecular weight excluding hydrogens is 522 g/mol. The van der Waals surface area contributed by atoms with Gasteiger partial charge in [0.25, 0.3) is 0 Å². The van der Waals surface area contributed by atoms with E-state index >= 15 is 0 Å². The van der Waals surface area contributed by atoms with Gasteiger partial charge in [0.2, 0.25) is 0 Å². The van der Waals surface area contributed by atoms with Gasteiger partial charge in [-0.25, -0.2) is 0 Å². The second-order valence-electron chi connectivity index (χ2n) is 11.5. The average molecular weight is 554 g/mol. The zero-order valence-electron chi connectivity index (χ0n) is 24.0. The highest BCUT2D eigenvalue weighted by molar-refractivity contribution is 5.88. The predicted octanol–water partition coefficient (Wildman–Crippen LogP) is 10.7. The van der Waals surface area contributed by atoms with Gasteiger partial charge in [-0.15, -0.1) is 0 Å². The van der Waals surface area contributed by atoms with Crippen LogP contribution < -0.4 is 9.64 Å². The minimum absolute atomic E-state index is 0.0207. The lowest BCUT2D eigenvalue weighted by Gasteiger charge is -2.37. The van der Waals surface area contributed by atoms with Crippen molar-refractivity contribution >= 4 is 22.6 Å². The maximum atomic E-state index is 6.98. The van der Waals surface area contributed by atoms with Gasteiger partial charge in [0, 0.05) is 22.5 Å². The Hall–Kier alpha value is -5.34. The maximum absolute atomic E-state index is 6.98. The summed E-state index contributed by atoms with van der Waals surface area (Å²) in [6.07, 6.45) is 2.45. The maximum Gasteiger partial charge on any atom is 0.142 e. The molecule has 6 aromatic carbocycles. The van der Waals surface area contributed by atoms with E-state index in [0.29, 0.717) is 0 Å². The third kappa shape index (κ3) is 4.18. The van der Waals surface area contributed by atoms with Gasteiger partial charge in [0.05, 0.1) is 11.6 Å². The molecule has 0 bridgehead atoms. The second kappa shape index (κ2) is 10.2. The number of anilines is 3. The van der Waals surface area contributed by atoms with Gasteiger partial charge in [-0.2, -0.15) is 0 Å². The van der Waals surface area contributed by atoms with E-state index in [9.17, 15) is 0 Å². The Labute approximate surface area is 253 Å². The molecule has 2 heteroatoms. The van der Waals surface area contributed by atoms with Crippen molar-refractivity contribution in [2.75, 3.05) is 4.90 Å². The Morgan fingerprint density at radius 2 is 1.09 bits per heavy atom. The molecule has 0 saturated carbocycles. The van der Waals surface area contributed by atoms with Crippen molar-refractivity contribution in [2.24, 2.45) is 0 Å². The minimum atomic E-state index is -0.526. The van der Waals surface area contributed by atoms with Gasteiger partial charge in [-0.05, 0) is 71.1 Å². The molecule has 0 aromatic heterocycles. The smallest absolute Gasteiger partial charge is 0.142 e. The van der Waals surface area contributed by atoms with E-state index in [1.54, 1.807) is 0 Å². The van der Waals surface area contributed by atoms with Gasteiger partial charge in [0.15, 0.2) is 0 Å². The molecule has 0 N–H and O–H groups in total. The van der Waals surface area contributed by atoms with E-state index in [1.807, 2.05) is 0 Å². The number of ether oxygens (including phenoxy) is 1. The van der Waals surface area contributed by atoms with Gasteiger partial charge in [-0.1, -0.05) is 127 Å². The number of fused-ring (bicyclic) bond motifs is 5. The lowest BCUT2D eigenvalue weighted by atomic mass is 9.71. The van der Waals surface area contributed by atoms with Crippen molar-refractivity contribution < 1.29 is 4.74 Å². The van der Waals surface area contributed by atoms with Crippen LogP contribution in [0.1, 0.15) is 35.1 Å². The van der Waals surface area contributed by atoms with E-state index in [0.717, 1.165) is 22.8 Å². The second-order valence-corrected chi connectivity index (χ2v) is 11.5. The molecule has 1 aliphatic heterocycles. The van der Waals surface area contributed by atoms with Gasteiger partial charge >= 0.3 is 0 Å². The monoisotopic (exact) mass is 553 g/mol. The first kappa shape index (κ1) is 25.4. The first-order valence-electron chi connectivity index (χ1n) is 14.9. The van der Waals surface area contributed by atoms with E-state index in [2.05, 4.69) is 176 Å². The standard InChI is InChI=1S/C41H31NO/c1-41-36-21-12-11-20-34(36)35(31-26-24-30(25-27-31)29-14-5-2-6-15-29)28-37(41)40-38(22-13-23-39(40)43-41)42(32-16-7-3-8-17-32)33-18-9-4-10-19-33/h2-28,37H,1H3. The van der Waals surface area contributed by atoms with Crippen LogP contribution in [0.4, 0.5) is 17.1 Å². The van der Waals surface area contributed by atoms with Gasteiger partial charge < -0.3 is 9.64 Å². The van der Waals surface area contributed by atoms with E-state index in [4.69, 9.17) is 4.74 Å². The highest BCUT2D eigenvalue weighted by atomic mass is 16.5. The third-order valence-electron chi connectivity index (χ3n) is 8.93. The molecule has 0 fully saturated rings. The molecule has 0 saturated heterocycles. The molecule has 0 radical (unpaired) electrons. The average Bonchev–Trinajstić information content (AvgIpc) is 3.39. The summed E-state index contributed by atoms with van der Waals surface area (Å²) < 4.78 is 6.98. The van der Waals surface area contributed by atoms with E-state index < -0.39 is 5.60 Å². The fourth-order valence-corrected chi connectivity index (χ4v) is 6.87. The number of rotatable bonds is 5. The number of hydrogen-bond acceptors (Lipinski definition) is 2. The van der Waals surface area contributed by atoms with E-state index in [1.165, 1.54) is 39.0 Å². The molecule has 2 unspecified atom stereocenters. The summed E-state index contributed by atoms with van der Waals surface area (Å²) >= 11 is 0. The van der Waals surface area contributed by atoms with Crippen molar-refractivity contribution in [3.8, 4) is 16.9 Å². The van der Waals surface area contributed by atoms with Crippen LogP contribution in [0.2, 0.25) is 0 Å². The quantitative estimate of drug-likeness (QED) is 0.211. The van der Waals surface area contributed by atoms with Crippen molar-refractivity contribution in [3.63, 3.8) is 0 Å². The summed E-state index contributed by atoms with van der Waals surface area (Å²) in [7, 11) is 0. The number of para-hydroxylation sites is 2. The molecule has 1 aliphatic carbocycles. The molecule has 6 aromatic rings. The molecule has 2 atom stereocenters. The summed E-state index contributed by atoms with van der Waals surface area (Å²) in [6, 6.07) is 56.0. The first-order chi connectivity index (χ1) is 21.2. The third-order valence-corrected chi connectivity index (χ3v) is 8.93. The zero-order valence-corrected chi connectivity index (χ0v) is 24.0. The van der Waals surface area contributed by atoms with Crippen LogP contribution in [0, 0.1) is 0 Å². The number of nitrogens with zero attached hydrogens (tertiary/aromatic N) is 1. The molecule has 2 nitrogen and oxygen atoms in total. The Morgan fingerprint density at radius 3 is 1.77 bits per heavy atom. The predicted molar refractivity (Wildman–Crippen MR) is 177 cm³/mol. The van der Waals surface area contributed by atoms with Crippen LogP contribution in [0.5, 0.6) is 5.75 Å². The van der Waals surface area contributed by atoms with Gasteiger partial charge in [0.1, 0.15) is 11.4 Å². The molecule has 1 heterocycles. The lowest BCUT2D eigenvalue weighted by Crippen LogP contribution is -2.34. The summed E-state index contributed by atoms with van der Waals surface area (Å²) in [5.41, 5.74) is 11.4. The topological polar surface area (TPSA) is 12.5 Å². The highest BCUT2D eigenvalue weighted by Crippen LogP contribution is 2.59. The van der Waals surface area contributed by atoms with E-state index in [-0.39, 0.29) is 5.92 Å². The number of hydrogen-bond donors (Lipinski definition) is 0. The molecule has 206 valence electrons. The highest BCUT2D eigenvalue weighted by Gasteiger charge is 2.50. The van der Waals surface area contributed by atoms with Crippen LogP contribution in [-0.4, -0.2) is 0 Å². The lowest BCUT2D eigenvalue weighted by molar-refractivity contribution is 0.0993. The van der Waals surface area contributed by atoms with Crippen LogP contribution in [0.25, 0.3) is 16.7 Å².